The average Bonchev–Trinajstić information content (AvgIpc) is 3.32. The van der Waals surface area contributed by atoms with Gasteiger partial charge in [-0.1, -0.05) is 36.4 Å². The van der Waals surface area contributed by atoms with Crippen molar-refractivity contribution in [3.63, 3.8) is 0 Å². The number of tetrazole rings is 1. The molecule has 1 amide bonds. The number of carbonyl (C=O) groups excluding carboxylic acids is 1. The minimum atomic E-state index is -0.645. The lowest BCUT2D eigenvalue weighted by molar-refractivity contribution is -0.123. The summed E-state index contributed by atoms with van der Waals surface area (Å²) in [4.78, 5) is 12.8. The number of hydrogen-bond acceptors (Lipinski definition) is 7. The first-order valence-corrected chi connectivity index (χ1v) is 7.57. The zero-order chi connectivity index (χ0) is 17.1. The lowest BCUT2D eigenvalue weighted by atomic mass is 10.1. The summed E-state index contributed by atoms with van der Waals surface area (Å²) in [6, 6.07) is 14.2. The zero-order valence-corrected chi connectivity index (χ0v) is 13.0. The van der Waals surface area contributed by atoms with Gasteiger partial charge in [-0.05, 0) is 44.0 Å². The first kappa shape index (κ1) is 14.9. The van der Waals surface area contributed by atoms with E-state index in [9.17, 15) is 4.79 Å². The van der Waals surface area contributed by atoms with Crippen LogP contribution in [0.25, 0.3) is 11.0 Å². The molecule has 4 aromatic rings. The number of benzene rings is 2. The molecule has 0 aliphatic heterocycles. The van der Waals surface area contributed by atoms with Crippen LogP contribution in [0.2, 0.25) is 0 Å². The molecule has 4 rings (SSSR count). The van der Waals surface area contributed by atoms with Crippen LogP contribution in [0.5, 0.6) is 0 Å². The van der Waals surface area contributed by atoms with Crippen LogP contribution >= 0.6 is 0 Å². The highest BCUT2D eigenvalue weighted by Gasteiger charge is 2.23. The number of rotatable bonds is 5. The standard InChI is InChI=1S/C16H13N7O2/c24-16(17-9-11-6-7-13-14(8-11)20-25-19-13)15(23-10-18-21-22-23)12-4-2-1-3-5-12/h1-8,10,15H,9H2,(H,17,24)/t15-/m1/s1. The molecule has 1 atom stereocenters. The van der Waals surface area contributed by atoms with Crippen LogP contribution in [0.4, 0.5) is 0 Å². The molecule has 0 aliphatic carbocycles. The number of amides is 1. The molecular weight excluding hydrogens is 322 g/mol. The maximum absolute atomic E-state index is 12.8. The van der Waals surface area contributed by atoms with Crippen LogP contribution in [0.15, 0.2) is 59.5 Å². The quantitative estimate of drug-likeness (QED) is 0.581. The molecule has 0 unspecified atom stereocenters. The first-order valence-electron chi connectivity index (χ1n) is 7.57. The minimum absolute atomic E-state index is 0.211. The summed E-state index contributed by atoms with van der Waals surface area (Å²) < 4.78 is 6.10. The molecule has 0 saturated carbocycles. The smallest absolute Gasteiger partial charge is 0.249 e. The van der Waals surface area contributed by atoms with Crippen molar-refractivity contribution in [2.24, 2.45) is 0 Å². The van der Waals surface area contributed by atoms with Crippen LogP contribution < -0.4 is 5.32 Å². The molecule has 1 N–H and O–H groups in total. The van der Waals surface area contributed by atoms with E-state index in [-0.39, 0.29) is 5.91 Å². The molecule has 2 aromatic carbocycles. The Morgan fingerprint density at radius 2 is 1.96 bits per heavy atom. The summed E-state index contributed by atoms with van der Waals surface area (Å²) in [6.07, 6.45) is 1.42. The molecular formula is C16H13N7O2. The van der Waals surface area contributed by atoms with Gasteiger partial charge in [0.1, 0.15) is 17.4 Å². The van der Waals surface area contributed by atoms with Gasteiger partial charge in [0.2, 0.25) is 5.91 Å². The van der Waals surface area contributed by atoms with Crippen LogP contribution in [-0.2, 0) is 11.3 Å². The molecule has 0 fully saturated rings. The lowest BCUT2D eigenvalue weighted by Gasteiger charge is -2.16. The van der Waals surface area contributed by atoms with Crippen molar-refractivity contribution in [1.29, 1.82) is 0 Å². The van der Waals surface area contributed by atoms with E-state index in [1.54, 1.807) is 6.07 Å². The van der Waals surface area contributed by atoms with E-state index < -0.39 is 6.04 Å². The number of hydrogen-bond donors (Lipinski definition) is 1. The molecule has 0 spiro atoms. The summed E-state index contributed by atoms with van der Waals surface area (Å²) >= 11 is 0. The third kappa shape index (κ3) is 3.07. The van der Waals surface area contributed by atoms with Gasteiger partial charge in [-0.3, -0.25) is 4.79 Å². The second-order valence-electron chi connectivity index (χ2n) is 5.41. The Bertz CT molecular complexity index is 982. The Hall–Kier alpha value is -3.62. The van der Waals surface area contributed by atoms with E-state index in [4.69, 9.17) is 0 Å². The summed E-state index contributed by atoms with van der Waals surface area (Å²) in [5.41, 5.74) is 3.00. The van der Waals surface area contributed by atoms with Crippen LogP contribution in [0.3, 0.4) is 0 Å². The second-order valence-corrected chi connectivity index (χ2v) is 5.41. The highest BCUT2D eigenvalue weighted by molar-refractivity contribution is 5.83. The molecule has 2 aromatic heterocycles. The molecule has 2 heterocycles. The molecule has 0 aliphatic rings. The first-order chi connectivity index (χ1) is 12.3. The summed E-state index contributed by atoms with van der Waals surface area (Å²) in [5, 5.41) is 21.6. The normalized spacial score (nSPS) is 12.2. The highest BCUT2D eigenvalue weighted by Crippen LogP contribution is 2.17. The van der Waals surface area contributed by atoms with Crippen LogP contribution in [-0.4, -0.2) is 36.4 Å². The van der Waals surface area contributed by atoms with Crippen molar-refractivity contribution in [3.8, 4) is 0 Å². The molecule has 0 radical (unpaired) electrons. The predicted octanol–water partition coefficient (Wildman–Crippen LogP) is 1.12. The Labute approximate surface area is 141 Å². The van der Waals surface area contributed by atoms with E-state index in [0.717, 1.165) is 11.1 Å². The average molecular weight is 335 g/mol. The largest absolute Gasteiger partial charge is 0.350 e. The Kier molecular flexibility index (Phi) is 3.87. The fraction of sp³-hybridized carbons (Fsp3) is 0.125. The van der Waals surface area contributed by atoms with E-state index in [0.29, 0.717) is 17.6 Å². The highest BCUT2D eigenvalue weighted by atomic mass is 16.6. The maximum Gasteiger partial charge on any atom is 0.249 e. The van der Waals surface area contributed by atoms with Crippen molar-refractivity contribution >= 4 is 16.9 Å². The number of fused-ring (bicyclic) bond motifs is 1. The minimum Gasteiger partial charge on any atom is -0.350 e. The lowest BCUT2D eigenvalue weighted by Crippen LogP contribution is -2.33. The monoisotopic (exact) mass is 335 g/mol. The molecule has 124 valence electrons. The molecule has 9 nitrogen and oxygen atoms in total. The van der Waals surface area contributed by atoms with Gasteiger partial charge >= 0.3 is 0 Å². The van der Waals surface area contributed by atoms with Gasteiger partial charge in [0, 0.05) is 6.54 Å². The van der Waals surface area contributed by atoms with E-state index in [2.05, 4.69) is 35.8 Å². The van der Waals surface area contributed by atoms with Gasteiger partial charge in [-0.15, -0.1) is 5.10 Å². The van der Waals surface area contributed by atoms with Crippen molar-refractivity contribution in [3.05, 3.63) is 66.0 Å². The van der Waals surface area contributed by atoms with Crippen molar-refractivity contribution in [2.75, 3.05) is 0 Å². The predicted molar refractivity (Wildman–Crippen MR) is 86.0 cm³/mol. The molecule has 9 heteroatoms. The molecule has 25 heavy (non-hydrogen) atoms. The Morgan fingerprint density at radius 3 is 2.76 bits per heavy atom. The van der Waals surface area contributed by atoms with Crippen LogP contribution in [0.1, 0.15) is 17.2 Å². The van der Waals surface area contributed by atoms with Crippen molar-refractivity contribution < 1.29 is 9.42 Å². The van der Waals surface area contributed by atoms with Gasteiger partial charge in [-0.25, -0.2) is 9.31 Å². The van der Waals surface area contributed by atoms with E-state index >= 15 is 0 Å². The fourth-order valence-electron chi connectivity index (χ4n) is 2.57. The maximum atomic E-state index is 12.8. The van der Waals surface area contributed by atoms with E-state index in [1.807, 2.05) is 42.5 Å². The topological polar surface area (TPSA) is 112 Å². The molecule has 0 saturated heterocycles. The third-order valence-corrected chi connectivity index (χ3v) is 3.78. The van der Waals surface area contributed by atoms with E-state index in [1.165, 1.54) is 11.0 Å². The Balaban J connectivity index is 1.54. The number of aromatic nitrogens is 6. The number of nitrogens with zero attached hydrogens (tertiary/aromatic N) is 6. The van der Waals surface area contributed by atoms with Crippen LogP contribution in [0, 0.1) is 0 Å². The van der Waals surface area contributed by atoms with Gasteiger partial charge in [0.05, 0.1) is 0 Å². The molecule has 0 bridgehead atoms. The van der Waals surface area contributed by atoms with Crippen molar-refractivity contribution in [1.82, 2.24) is 35.8 Å². The fourth-order valence-corrected chi connectivity index (χ4v) is 2.57. The van der Waals surface area contributed by atoms with Gasteiger partial charge < -0.3 is 5.32 Å². The van der Waals surface area contributed by atoms with Gasteiger partial charge in [0.25, 0.3) is 0 Å². The summed E-state index contributed by atoms with van der Waals surface area (Å²) in [5.74, 6) is -0.211. The Morgan fingerprint density at radius 1 is 1.12 bits per heavy atom. The summed E-state index contributed by atoms with van der Waals surface area (Å²) in [7, 11) is 0. The van der Waals surface area contributed by atoms with Gasteiger partial charge in [0.15, 0.2) is 6.04 Å². The SMILES string of the molecule is O=C(NCc1ccc2nonc2c1)[C@@H](c1ccccc1)n1cnnn1. The zero-order valence-electron chi connectivity index (χ0n) is 13.0. The third-order valence-electron chi connectivity index (χ3n) is 3.78. The number of nitrogens with one attached hydrogen (secondary N) is 1. The second kappa shape index (κ2) is 6.48. The number of carbonyl (C=O) groups is 1. The summed E-state index contributed by atoms with van der Waals surface area (Å²) in [6.45, 7) is 0.340. The van der Waals surface area contributed by atoms with Crippen molar-refractivity contribution in [2.45, 2.75) is 12.6 Å². The van der Waals surface area contributed by atoms with Gasteiger partial charge in [-0.2, -0.15) is 0 Å².